The van der Waals surface area contributed by atoms with Crippen LogP contribution in [0.15, 0.2) is 10.6 Å². The molecule has 8 heteroatoms. The van der Waals surface area contributed by atoms with Gasteiger partial charge in [0.05, 0.1) is 13.2 Å². The highest BCUT2D eigenvalue weighted by atomic mass is 32.2. The lowest BCUT2D eigenvalue weighted by Crippen LogP contribution is -2.59. The van der Waals surface area contributed by atoms with Gasteiger partial charge in [-0.05, 0) is 19.1 Å². The van der Waals surface area contributed by atoms with E-state index in [1.165, 1.54) is 0 Å². The number of hydrogen-bond acceptors (Lipinski definition) is 6. The van der Waals surface area contributed by atoms with Crippen molar-refractivity contribution in [2.75, 3.05) is 49.7 Å². The number of anilines is 1. The monoisotopic (exact) mass is 326 g/mol. The van der Waals surface area contributed by atoms with E-state index >= 15 is 0 Å². The molecule has 2 fully saturated rings. The van der Waals surface area contributed by atoms with Crippen LogP contribution in [0.25, 0.3) is 0 Å². The maximum Gasteiger partial charge on any atom is 0.320 e. The van der Waals surface area contributed by atoms with Gasteiger partial charge >= 0.3 is 6.03 Å². The smallest absolute Gasteiger partial charge is 0.320 e. The van der Waals surface area contributed by atoms with Crippen molar-refractivity contribution in [2.45, 2.75) is 18.9 Å². The Bertz CT molecular complexity index is 510. The highest BCUT2D eigenvalue weighted by molar-refractivity contribution is 7.99. The van der Waals surface area contributed by atoms with E-state index in [2.05, 4.69) is 20.7 Å². The number of thioether (sulfide) groups is 1. The van der Waals surface area contributed by atoms with Gasteiger partial charge in [0.25, 0.3) is 0 Å². The number of amides is 2. The fraction of sp³-hybridized carbons (Fsp3) is 0.714. The van der Waals surface area contributed by atoms with Crippen molar-refractivity contribution in [3.63, 3.8) is 0 Å². The van der Waals surface area contributed by atoms with Gasteiger partial charge in [0.15, 0.2) is 5.82 Å². The minimum Gasteiger partial charge on any atom is -0.379 e. The molecule has 0 radical (unpaired) electrons. The molecule has 1 atom stereocenters. The van der Waals surface area contributed by atoms with Crippen molar-refractivity contribution < 1.29 is 14.1 Å². The summed E-state index contributed by atoms with van der Waals surface area (Å²) in [6, 6.07) is 1.46. The summed E-state index contributed by atoms with van der Waals surface area (Å²) in [5.41, 5.74) is 0.0472. The SMILES string of the molecule is Cc1cc(NC(=O)NC[C@]2(N3CCOCC3)CCSC2)no1. The molecule has 1 aromatic heterocycles. The first-order chi connectivity index (χ1) is 10.7. The minimum atomic E-state index is -0.238. The van der Waals surface area contributed by atoms with Gasteiger partial charge in [0.1, 0.15) is 5.76 Å². The number of carbonyl (C=O) groups excluding carboxylic acids is 1. The van der Waals surface area contributed by atoms with Crippen LogP contribution in [0.3, 0.4) is 0 Å². The Kier molecular flexibility index (Phi) is 4.90. The molecule has 7 nitrogen and oxygen atoms in total. The fourth-order valence-corrected chi connectivity index (χ4v) is 4.44. The predicted octanol–water partition coefficient (Wildman–Crippen LogP) is 1.31. The van der Waals surface area contributed by atoms with E-state index < -0.39 is 0 Å². The second-order valence-corrected chi connectivity index (χ2v) is 6.86. The third kappa shape index (κ3) is 3.56. The van der Waals surface area contributed by atoms with Crippen LogP contribution in [0.2, 0.25) is 0 Å². The van der Waals surface area contributed by atoms with Gasteiger partial charge < -0.3 is 14.6 Å². The van der Waals surface area contributed by atoms with Crippen LogP contribution in [0.1, 0.15) is 12.2 Å². The zero-order valence-corrected chi connectivity index (χ0v) is 13.6. The molecule has 2 N–H and O–H groups in total. The number of nitrogens with zero attached hydrogens (tertiary/aromatic N) is 2. The molecule has 0 unspecified atom stereocenters. The van der Waals surface area contributed by atoms with Gasteiger partial charge in [0, 0.05) is 37.0 Å². The lowest BCUT2D eigenvalue weighted by Gasteiger charge is -2.42. The van der Waals surface area contributed by atoms with Crippen LogP contribution in [0.5, 0.6) is 0 Å². The topological polar surface area (TPSA) is 79.6 Å². The van der Waals surface area contributed by atoms with Crippen LogP contribution in [-0.4, -0.2) is 66.0 Å². The van der Waals surface area contributed by atoms with E-state index in [0.29, 0.717) is 18.1 Å². The average molecular weight is 326 g/mol. The van der Waals surface area contributed by atoms with Crippen molar-refractivity contribution in [3.8, 4) is 0 Å². The first-order valence-electron chi connectivity index (χ1n) is 7.57. The van der Waals surface area contributed by atoms with Crippen LogP contribution in [0.4, 0.5) is 10.6 Å². The number of morpholine rings is 1. The van der Waals surface area contributed by atoms with Crippen LogP contribution in [-0.2, 0) is 4.74 Å². The first kappa shape index (κ1) is 15.6. The number of nitrogens with one attached hydrogen (secondary N) is 2. The quantitative estimate of drug-likeness (QED) is 0.868. The molecule has 2 amide bonds. The Labute approximate surface area is 134 Å². The molecule has 0 aromatic carbocycles. The molecule has 0 aliphatic carbocycles. The van der Waals surface area contributed by atoms with Gasteiger partial charge in [-0.2, -0.15) is 11.8 Å². The van der Waals surface area contributed by atoms with E-state index in [9.17, 15) is 4.79 Å². The summed E-state index contributed by atoms with van der Waals surface area (Å²) in [5, 5.41) is 9.46. The predicted molar refractivity (Wildman–Crippen MR) is 85.3 cm³/mol. The Balaban J connectivity index is 1.56. The number of aryl methyl sites for hydroxylation is 1. The van der Waals surface area contributed by atoms with Gasteiger partial charge in [-0.3, -0.25) is 10.2 Å². The van der Waals surface area contributed by atoms with Crippen molar-refractivity contribution in [2.24, 2.45) is 0 Å². The molecule has 2 aliphatic rings. The fourth-order valence-electron chi connectivity index (χ4n) is 2.97. The molecule has 0 saturated carbocycles. The molecular weight excluding hydrogens is 304 g/mol. The zero-order valence-electron chi connectivity index (χ0n) is 12.8. The third-order valence-electron chi connectivity index (χ3n) is 4.21. The highest BCUT2D eigenvalue weighted by Gasteiger charge is 2.40. The minimum absolute atomic E-state index is 0.0472. The molecule has 2 saturated heterocycles. The number of rotatable bonds is 4. The van der Waals surface area contributed by atoms with Crippen molar-refractivity contribution in [1.29, 1.82) is 0 Å². The normalized spacial score (nSPS) is 26.0. The third-order valence-corrected chi connectivity index (χ3v) is 5.45. The van der Waals surface area contributed by atoms with Gasteiger partial charge in [0.2, 0.25) is 0 Å². The summed E-state index contributed by atoms with van der Waals surface area (Å²) in [7, 11) is 0. The molecule has 22 heavy (non-hydrogen) atoms. The number of ether oxygens (including phenoxy) is 1. The molecule has 0 spiro atoms. The maximum atomic E-state index is 12.0. The van der Waals surface area contributed by atoms with E-state index in [1.807, 2.05) is 11.8 Å². The van der Waals surface area contributed by atoms with Crippen LogP contribution < -0.4 is 10.6 Å². The first-order valence-corrected chi connectivity index (χ1v) is 8.72. The zero-order chi connectivity index (χ0) is 15.4. The molecule has 1 aromatic rings. The highest BCUT2D eigenvalue weighted by Crippen LogP contribution is 2.33. The van der Waals surface area contributed by atoms with E-state index in [0.717, 1.165) is 44.2 Å². The standard InChI is InChI=1S/C14H22N4O3S/c1-11-8-12(17-21-11)16-13(19)15-9-14(2-7-22-10-14)18-3-5-20-6-4-18/h8H,2-7,9-10H2,1H3,(H2,15,16,17,19)/t14-/m1/s1. The molecule has 3 heterocycles. The Hall–Kier alpha value is -1.25. The Morgan fingerprint density at radius 2 is 2.32 bits per heavy atom. The number of aromatic nitrogens is 1. The second-order valence-electron chi connectivity index (χ2n) is 5.76. The largest absolute Gasteiger partial charge is 0.379 e. The lowest BCUT2D eigenvalue weighted by molar-refractivity contribution is -0.0123. The van der Waals surface area contributed by atoms with Crippen molar-refractivity contribution >= 4 is 23.6 Å². The van der Waals surface area contributed by atoms with Crippen molar-refractivity contribution in [3.05, 3.63) is 11.8 Å². The summed E-state index contributed by atoms with van der Waals surface area (Å²) in [6.07, 6.45) is 1.10. The molecule has 0 bridgehead atoms. The van der Waals surface area contributed by atoms with Gasteiger partial charge in [-0.25, -0.2) is 4.79 Å². The maximum absolute atomic E-state index is 12.0. The molecule has 122 valence electrons. The lowest BCUT2D eigenvalue weighted by atomic mass is 9.95. The molecule has 3 rings (SSSR count). The summed E-state index contributed by atoms with van der Waals surface area (Å²) in [6.45, 7) is 5.86. The average Bonchev–Trinajstić information content (AvgIpc) is 3.16. The second kappa shape index (κ2) is 6.89. The summed E-state index contributed by atoms with van der Waals surface area (Å²) < 4.78 is 10.4. The van der Waals surface area contributed by atoms with E-state index in [4.69, 9.17) is 9.26 Å². The summed E-state index contributed by atoms with van der Waals surface area (Å²) in [5.74, 6) is 3.31. The Morgan fingerprint density at radius 3 is 2.95 bits per heavy atom. The number of carbonyl (C=O) groups is 1. The summed E-state index contributed by atoms with van der Waals surface area (Å²) >= 11 is 1.95. The van der Waals surface area contributed by atoms with E-state index in [1.54, 1.807) is 13.0 Å². The van der Waals surface area contributed by atoms with Gasteiger partial charge in [-0.1, -0.05) is 5.16 Å². The van der Waals surface area contributed by atoms with E-state index in [-0.39, 0.29) is 11.6 Å². The molecule has 2 aliphatic heterocycles. The Morgan fingerprint density at radius 1 is 1.50 bits per heavy atom. The van der Waals surface area contributed by atoms with Crippen LogP contribution >= 0.6 is 11.8 Å². The summed E-state index contributed by atoms with van der Waals surface area (Å²) in [4.78, 5) is 14.5. The van der Waals surface area contributed by atoms with Crippen molar-refractivity contribution in [1.82, 2.24) is 15.4 Å². The molecular formula is C14H22N4O3S. The number of hydrogen-bond donors (Lipinski definition) is 2. The van der Waals surface area contributed by atoms with Gasteiger partial charge in [-0.15, -0.1) is 0 Å². The number of urea groups is 1. The van der Waals surface area contributed by atoms with Crippen LogP contribution in [0, 0.1) is 6.92 Å².